The first-order valence-corrected chi connectivity index (χ1v) is 10.4. The Labute approximate surface area is 163 Å². The molecule has 2 N–H and O–H groups in total. The van der Waals surface area contributed by atoms with Crippen molar-refractivity contribution in [2.24, 2.45) is 0 Å². The van der Waals surface area contributed by atoms with Gasteiger partial charge in [-0.2, -0.15) is 0 Å². The molecule has 0 bridgehead atoms. The second-order valence-electron chi connectivity index (χ2n) is 7.62. The van der Waals surface area contributed by atoms with Gasteiger partial charge in [-0.05, 0) is 61.3 Å². The highest BCUT2D eigenvalue weighted by Crippen LogP contribution is 2.32. The molecule has 1 aliphatic rings. The van der Waals surface area contributed by atoms with Crippen LogP contribution in [0.25, 0.3) is 0 Å². The second kappa shape index (κ2) is 9.80. The summed E-state index contributed by atoms with van der Waals surface area (Å²) in [5.41, 5.74) is 9.65. The Morgan fingerprint density at radius 1 is 1.11 bits per heavy atom. The van der Waals surface area contributed by atoms with Crippen molar-refractivity contribution in [1.82, 2.24) is 0 Å². The molecule has 3 rings (SSSR count). The van der Waals surface area contributed by atoms with Crippen LogP contribution in [0.3, 0.4) is 0 Å². The van der Waals surface area contributed by atoms with E-state index in [1.807, 2.05) is 12.1 Å². The Morgan fingerprint density at radius 2 is 1.93 bits per heavy atom. The van der Waals surface area contributed by atoms with Crippen molar-refractivity contribution in [2.45, 2.75) is 77.1 Å². The fourth-order valence-corrected chi connectivity index (χ4v) is 4.00. The van der Waals surface area contributed by atoms with Crippen LogP contribution < -0.4 is 10.5 Å². The third-order valence-electron chi connectivity index (χ3n) is 5.51. The van der Waals surface area contributed by atoms with Gasteiger partial charge in [0.25, 0.3) is 0 Å². The van der Waals surface area contributed by atoms with Crippen molar-refractivity contribution in [3.05, 3.63) is 59.7 Å². The lowest BCUT2D eigenvalue weighted by atomic mass is 9.92. The first-order chi connectivity index (χ1) is 13.2. The molecule has 2 aromatic rings. The molecule has 1 saturated heterocycles. The highest BCUT2D eigenvalue weighted by atomic mass is 16.7. The van der Waals surface area contributed by atoms with Crippen LogP contribution in [0.4, 0.5) is 5.69 Å². The lowest BCUT2D eigenvalue weighted by Crippen LogP contribution is -2.33. The molecule has 0 saturated carbocycles. The summed E-state index contributed by atoms with van der Waals surface area (Å²) in [5.74, 6) is 1.32. The smallest absolute Gasteiger partial charge is 0.200 e. The largest absolute Gasteiger partial charge is 0.463 e. The summed E-state index contributed by atoms with van der Waals surface area (Å²) in [6, 6.07) is 16.8. The third-order valence-corrected chi connectivity index (χ3v) is 5.51. The lowest BCUT2D eigenvalue weighted by Gasteiger charge is -2.31. The molecule has 0 amide bonds. The number of hydrogen-bond acceptors (Lipinski definition) is 3. The summed E-state index contributed by atoms with van der Waals surface area (Å²) in [7, 11) is 0. The van der Waals surface area contributed by atoms with Crippen LogP contribution >= 0.6 is 0 Å². The van der Waals surface area contributed by atoms with Gasteiger partial charge in [0, 0.05) is 6.42 Å². The highest BCUT2D eigenvalue weighted by Gasteiger charge is 2.24. The molecule has 0 spiro atoms. The number of nitrogens with two attached hydrogens (primary N) is 1. The van der Waals surface area contributed by atoms with Gasteiger partial charge in [0.15, 0.2) is 6.29 Å². The van der Waals surface area contributed by atoms with Crippen LogP contribution in [-0.4, -0.2) is 12.4 Å². The van der Waals surface area contributed by atoms with Crippen molar-refractivity contribution in [3.63, 3.8) is 0 Å². The van der Waals surface area contributed by atoms with Crippen LogP contribution in [0.15, 0.2) is 48.5 Å². The quantitative estimate of drug-likeness (QED) is 0.575. The zero-order valence-corrected chi connectivity index (χ0v) is 16.7. The molecule has 3 heteroatoms. The van der Waals surface area contributed by atoms with Crippen LogP contribution in [-0.2, 0) is 11.2 Å². The summed E-state index contributed by atoms with van der Waals surface area (Å²) in [5, 5.41) is 0. The van der Waals surface area contributed by atoms with Crippen LogP contribution in [0.5, 0.6) is 5.75 Å². The van der Waals surface area contributed by atoms with Gasteiger partial charge in [-0.25, -0.2) is 0 Å². The number of rotatable bonds is 8. The van der Waals surface area contributed by atoms with Crippen molar-refractivity contribution in [2.75, 3.05) is 5.73 Å². The summed E-state index contributed by atoms with van der Waals surface area (Å²) in [4.78, 5) is 0. The van der Waals surface area contributed by atoms with Gasteiger partial charge >= 0.3 is 0 Å². The average molecular weight is 368 g/mol. The molecule has 3 atom stereocenters. The Kier molecular flexibility index (Phi) is 7.17. The van der Waals surface area contributed by atoms with Gasteiger partial charge in [0.1, 0.15) is 5.75 Å². The van der Waals surface area contributed by atoms with Gasteiger partial charge < -0.3 is 15.2 Å². The maximum atomic E-state index is 6.30. The molecule has 3 unspecified atom stereocenters. The minimum absolute atomic E-state index is 0.209. The fraction of sp³-hybridized carbons (Fsp3) is 0.500. The lowest BCUT2D eigenvalue weighted by molar-refractivity contribution is -0.146. The first-order valence-electron chi connectivity index (χ1n) is 10.4. The predicted molar refractivity (Wildman–Crippen MR) is 112 cm³/mol. The number of anilines is 1. The molecular formula is C24H33NO2. The molecule has 146 valence electrons. The molecule has 0 radical (unpaired) electrons. The van der Waals surface area contributed by atoms with Crippen molar-refractivity contribution < 1.29 is 9.47 Å². The summed E-state index contributed by atoms with van der Waals surface area (Å²) < 4.78 is 12.3. The van der Waals surface area contributed by atoms with E-state index in [1.165, 1.54) is 24.0 Å². The summed E-state index contributed by atoms with van der Waals surface area (Å²) in [6.07, 6.45) is 7.58. The first kappa shape index (κ1) is 19.8. The molecule has 27 heavy (non-hydrogen) atoms. The topological polar surface area (TPSA) is 44.5 Å². The van der Waals surface area contributed by atoms with E-state index in [1.54, 1.807) is 0 Å². The van der Waals surface area contributed by atoms with Gasteiger partial charge in [-0.1, -0.05) is 56.7 Å². The minimum atomic E-state index is -0.210. The number of benzene rings is 2. The van der Waals surface area contributed by atoms with E-state index in [4.69, 9.17) is 15.2 Å². The SMILES string of the molecule is CCCC(CC)c1ccc(OC2CCCC(Cc3ccccc3)O2)c(N)c1. The molecular weight excluding hydrogens is 334 g/mol. The minimum Gasteiger partial charge on any atom is -0.463 e. The molecule has 0 aliphatic carbocycles. The summed E-state index contributed by atoms with van der Waals surface area (Å²) >= 11 is 0. The Hall–Kier alpha value is -2.00. The maximum Gasteiger partial charge on any atom is 0.200 e. The predicted octanol–water partition coefficient (Wildman–Crippen LogP) is 6.08. The third kappa shape index (κ3) is 5.49. The van der Waals surface area contributed by atoms with E-state index < -0.39 is 0 Å². The molecule has 3 nitrogen and oxygen atoms in total. The standard InChI is InChI=1S/C24H33NO2/c1-3-9-19(4-2)20-14-15-23(22(25)17-20)27-24-13-8-12-21(26-24)16-18-10-6-5-7-11-18/h5-7,10-11,14-15,17,19,21,24H,3-4,8-9,12-13,16,25H2,1-2H3. The normalized spacial score (nSPS) is 21.0. The fourth-order valence-electron chi connectivity index (χ4n) is 4.00. The van der Waals surface area contributed by atoms with Crippen molar-refractivity contribution >= 4 is 5.69 Å². The van der Waals surface area contributed by atoms with E-state index in [0.29, 0.717) is 5.92 Å². The Morgan fingerprint density at radius 3 is 2.63 bits per heavy atom. The van der Waals surface area contributed by atoms with E-state index in [9.17, 15) is 0 Å². The number of ether oxygens (including phenoxy) is 2. The Balaban J connectivity index is 1.61. The van der Waals surface area contributed by atoms with E-state index >= 15 is 0 Å². The number of nitrogen functional groups attached to an aromatic ring is 1. The monoisotopic (exact) mass is 367 g/mol. The zero-order valence-electron chi connectivity index (χ0n) is 16.7. The molecule has 0 aromatic heterocycles. The molecule has 1 aliphatic heterocycles. The zero-order chi connectivity index (χ0) is 19.1. The second-order valence-corrected chi connectivity index (χ2v) is 7.62. The van der Waals surface area contributed by atoms with Crippen molar-refractivity contribution in [1.29, 1.82) is 0 Å². The molecule has 2 aromatic carbocycles. The molecule has 1 fully saturated rings. The average Bonchev–Trinajstić information content (AvgIpc) is 2.69. The van der Waals surface area contributed by atoms with Crippen LogP contribution in [0.2, 0.25) is 0 Å². The molecule has 1 heterocycles. The van der Waals surface area contributed by atoms with Crippen LogP contribution in [0, 0.1) is 0 Å². The van der Waals surface area contributed by atoms with Gasteiger partial charge in [-0.15, -0.1) is 0 Å². The highest BCUT2D eigenvalue weighted by molar-refractivity contribution is 5.55. The maximum absolute atomic E-state index is 6.30. The van der Waals surface area contributed by atoms with Crippen molar-refractivity contribution in [3.8, 4) is 5.75 Å². The summed E-state index contributed by atoms with van der Waals surface area (Å²) in [6.45, 7) is 4.47. The van der Waals surface area contributed by atoms with Gasteiger partial charge in [0.2, 0.25) is 0 Å². The van der Waals surface area contributed by atoms with E-state index in [2.05, 4.69) is 50.2 Å². The Bertz CT molecular complexity index is 701. The van der Waals surface area contributed by atoms with Crippen LogP contribution in [0.1, 0.15) is 69.4 Å². The van der Waals surface area contributed by atoms with Gasteiger partial charge in [0.05, 0.1) is 11.8 Å². The van der Waals surface area contributed by atoms with E-state index in [-0.39, 0.29) is 12.4 Å². The number of hydrogen-bond donors (Lipinski definition) is 1. The van der Waals surface area contributed by atoms with E-state index in [0.717, 1.165) is 43.5 Å². The van der Waals surface area contributed by atoms with Gasteiger partial charge in [-0.3, -0.25) is 0 Å².